The van der Waals surface area contributed by atoms with E-state index in [0.717, 1.165) is 48.5 Å². The SMILES string of the molecule is COc1cccc(-c2nc(CO[C@H]3CCC[C@@H](Cn4cccc4C(=O)O)C3)c(C)o2)c1. The second-order valence-electron chi connectivity index (χ2n) is 8.07. The predicted octanol–water partition coefficient (Wildman–Crippen LogP) is 4.93. The van der Waals surface area contributed by atoms with Gasteiger partial charge in [0, 0.05) is 18.3 Å². The van der Waals surface area contributed by atoms with Gasteiger partial charge >= 0.3 is 5.97 Å². The first-order valence-corrected chi connectivity index (χ1v) is 10.6. The number of aryl methyl sites for hydroxylation is 1. The van der Waals surface area contributed by atoms with Crippen LogP contribution in [0.4, 0.5) is 0 Å². The molecule has 7 nitrogen and oxygen atoms in total. The summed E-state index contributed by atoms with van der Waals surface area (Å²) in [5.74, 6) is 1.58. The summed E-state index contributed by atoms with van der Waals surface area (Å²) >= 11 is 0. The van der Waals surface area contributed by atoms with Crippen molar-refractivity contribution in [2.45, 2.75) is 51.9 Å². The lowest BCUT2D eigenvalue weighted by molar-refractivity contribution is -0.00180. The molecule has 2 atom stereocenters. The molecule has 1 aliphatic rings. The van der Waals surface area contributed by atoms with E-state index in [0.29, 0.717) is 30.7 Å². The molecule has 0 radical (unpaired) electrons. The Labute approximate surface area is 181 Å². The van der Waals surface area contributed by atoms with Crippen LogP contribution < -0.4 is 4.74 Å². The second-order valence-corrected chi connectivity index (χ2v) is 8.07. The summed E-state index contributed by atoms with van der Waals surface area (Å²) in [5.41, 5.74) is 2.01. The molecule has 0 spiro atoms. The maximum atomic E-state index is 11.4. The fourth-order valence-electron chi connectivity index (χ4n) is 4.24. The number of carboxylic acid groups (broad SMARTS) is 1. The summed E-state index contributed by atoms with van der Waals surface area (Å²) in [6.07, 6.45) is 6.06. The van der Waals surface area contributed by atoms with Crippen LogP contribution in [0.2, 0.25) is 0 Å². The molecule has 0 saturated heterocycles. The van der Waals surface area contributed by atoms with E-state index < -0.39 is 5.97 Å². The molecule has 164 valence electrons. The zero-order valence-corrected chi connectivity index (χ0v) is 17.9. The van der Waals surface area contributed by atoms with Gasteiger partial charge in [-0.05, 0) is 62.4 Å². The maximum absolute atomic E-state index is 11.4. The average Bonchev–Trinajstić information content (AvgIpc) is 3.39. The lowest BCUT2D eigenvalue weighted by atomic mass is 9.87. The van der Waals surface area contributed by atoms with Crippen LogP contribution in [0.1, 0.15) is 47.6 Å². The minimum Gasteiger partial charge on any atom is -0.497 e. The number of aromatic nitrogens is 2. The molecule has 2 aromatic heterocycles. The number of methoxy groups -OCH3 is 1. The van der Waals surface area contributed by atoms with E-state index >= 15 is 0 Å². The molecule has 1 aromatic carbocycles. The van der Waals surface area contributed by atoms with Crippen LogP contribution in [0, 0.1) is 12.8 Å². The quantitative estimate of drug-likeness (QED) is 0.551. The third-order valence-corrected chi connectivity index (χ3v) is 5.90. The van der Waals surface area contributed by atoms with Gasteiger partial charge in [-0.2, -0.15) is 0 Å². The van der Waals surface area contributed by atoms with Gasteiger partial charge in [0.2, 0.25) is 5.89 Å². The molecule has 4 rings (SSSR count). The summed E-state index contributed by atoms with van der Waals surface area (Å²) in [4.78, 5) is 16.0. The fourth-order valence-corrected chi connectivity index (χ4v) is 4.24. The third-order valence-electron chi connectivity index (χ3n) is 5.90. The number of benzene rings is 1. The lowest BCUT2D eigenvalue weighted by Gasteiger charge is -2.29. The van der Waals surface area contributed by atoms with Gasteiger partial charge in [-0.15, -0.1) is 0 Å². The van der Waals surface area contributed by atoms with E-state index in [1.54, 1.807) is 19.2 Å². The van der Waals surface area contributed by atoms with Crippen molar-refractivity contribution < 1.29 is 23.8 Å². The molecular formula is C24H28N2O5. The van der Waals surface area contributed by atoms with Gasteiger partial charge in [0.15, 0.2) is 0 Å². The Morgan fingerprint density at radius 2 is 2.16 bits per heavy atom. The van der Waals surface area contributed by atoms with E-state index in [-0.39, 0.29) is 6.10 Å². The number of oxazole rings is 1. The van der Waals surface area contributed by atoms with Gasteiger partial charge < -0.3 is 23.6 Å². The largest absolute Gasteiger partial charge is 0.497 e. The topological polar surface area (TPSA) is 86.7 Å². The summed E-state index contributed by atoms with van der Waals surface area (Å²) in [5, 5.41) is 9.32. The molecule has 0 aliphatic heterocycles. The van der Waals surface area contributed by atoms with Gasteiger partial charge in [-0.1, -0.05) is 12.5 Å². The Kier molecular flexibility index (Phi) is 6.42. The van der Waals surface area contributed by atoms with Crippen LogP contribution in [-0.2, 0) is 17.9 Å². The van der Waals surface area contributed by atoms with Crippen molar-refractivity contribution in [3.05, 3.63) is 59.7 Å². The maximum Gasteiger partial charge on any atom is 0.352 e. The van der Waals surface area contributed by atoms with Crippen molar-refractivity contribution in [2.75, 3.05) is 7.11 Å². The van der Waals surface area contributed by atoms with Crippen LogP contribution in [0.5, 0.6) is 5.75 Å². The molecular weight excluding hydrogens is 396 g/mol. The van der Waals surface area contributed by atoms with Gasteiger partial charge in [0.25, 0.3) is 0 Å². The van der Waals surface area contributed by atoms with E-state index in [2.05, 4.69) is 4.98 Å². The smallest absolute Gasteiger partial charge is 0.352 e. The van der Waals surface area contributed by atoms with E-state index in [1.165, 1.54) is 0 Å². The Hall–Kier alpha value is -3.06. The molecule has 31 heavy (non-hydrogen) atoms. The first kappa shape index (κ1) is 21.2. The summed E-state index contributed by atoms with van der Waals surface area (Å²) in [6.45, 7) is 3.01. The van der Waals surface area contributed by atoms with Gasteiger partial charge in [-0.3, -0.25) is 0 Å². The van der Waals surface area contributed by atoms with Crippen LogP contribution in [-0.4, -0.2) is 33.8 Å². The average molecular weight is 424 g/mol. The summed E-state index contributed by atoms with van der Waals surface area (Å²) in [6, 6.07) is 11.1. The minimum absolute atomic E-state index is 0.138. The Morgan fingerprint density at radius 1 is 1.29 bits per heavy atom. The van der Waals surface area contributed by atoms with Gasteiger partial charge in [-0.25, -0.2) is 9.78 Å². The number of nitrogens with zero attached hydrogens (tertiary/aromatic N) is 2. The molecule has 0 unspecified atom stereocenters. The number of hydrogen-bond donors (Lipinski definition) is 1. The highest BCUT2D eigenvalue weighted by atomic mass is 16.5. The third kappa shape index (κ3) is 4.99. The van der Waals surface area contributed by atoms with E-state index in [4.69, 9.17) is 13.9 Å². The zero-order valence-electron chi connectivity index (χ0n) is 17.9. The first-order chi connectivity index (χ1) is 15.0. The second kappa shape index (κ2) is 9.39. The normalized spacial score (nSPS) is 18.8. The number of carbonyl (C=O) groups is 1. The van der Waals surface area contributed by atoms with Crippen LogP contribution in [0.3, 0.4) is 0 Å². The number of ether oxygens (including phenoxy) is 2. The van der Waals surface area contributed by atoms with Crippen LogP contribution >= 0.6 is 0 Å². The van der Waals surface area contributed by atoms with Gasteiger partial charge in [0.05, 0.1) is 19.8 Å². The Bertz CT molecular complexity index is 1040. The molecule has 0 bridgehead atoms. The highest BCUT2D eigenvalue weighted by Gasteiger charge is 2.25. The minimum atomic E-state index is -0.887. The van der Waals surface area contributed by atoms with E-state index in [1.807, 2.05) is 42.0 Å². The lowest BCUT2D eigenvalue weighted by Crippen LogP contribution is -2.26. The van der Waals surface area contributed by atoms with Crippen molar-refractivity contribution in [1.82, 2.24) is 9.55 Å². The van der Waals surface area contributed by atoms with Crippen LogP contribution in [0.15, 0.2) is 47.0 Å². The molecule has 2 heterocycles. The van der Waals surface area contributed by atoms with E-state index in [9.17, 15) is 9.90 Å². The number of carboxylic acids is 1. The van der Waals surface area contributed by atoms with Crippen molar-refractivity contribution in [3.63, 3.8) is 0 Å². The van der Waals surface area contributed by atoms with Crippen molar-refractivity contribution in [2.24, 2.45) is 5.92 Å². The zero-order chi connectivity index (χ0) is 21.8. The highest BCUT2D eigenvalue weighted by Crippen LogP contribution is 2.30. The molecule has 1 aliphatic carbocycles. The fraction of sp³-hybridized carbons (Fsp3) is 0.417. The molecule has 3 aromatic rings. The monoisotopic (exact) mass is 424 g/mol. The molecule has 1 saturated carbocycles. The molecule has 7 heteroatoms. The number of rotatable bonds is 8. The molecule has 0 amide bonds. The Morgan fingerprint density at radius 3 is 2.97 bits per heavy atom. The Balaban J connectivity index is 1.36. The molecule has 1 N–H and O–H groups in total. The number of aromatic carboxylic acids is 1. The predicted molar refractivity (Wildman–Crippen MR) is 115 cm³/mol. The standard InChI is InChI=1S/C24H28N2O5/c1-16-21(25-23(31-16)18-7-4-8-19(13-18)29-2)15-30-20-9-3-6-17(12-20)14-26-11-5-10-22(26)24(27)28/h4-5,7-8,10-11,13,17,20H,3,6,9,12,14-15H2,1-2H3,(H,27,28)/t17-,20+/m1/s1. The van der Waals surface area contributed by atoms with Crippen molar-refractivity contribution in [3.8, 4) is 17.2 Å². The van der Waals surface area contributed by atoms with Crippen LogP contribution in [0.25, 0.3) is 11.5 Å². The summed E-state index contributed by atoms with van der Waals surface area (Å²) in [7, 11) is 1.63. The first-order valence-electron chi connectivity index (χ1n) is 10.6. The van der Waals surface area contributed by atoms with Crippen molar-refractivity contribution in [1.29, 1.82) is 0 Å². The van der Waals surface area contributed by atoms with Crippen molar-refractivity contribution >= 4 is 5.97 Å². The highest BCUT2D eigenvalue weighted by molar-refractivity contribution is 5.85. The number of hydrogen-bond acceptors (Lipinski definition) is 5. The summed E-state index contributed by atoms with van der Waals surface area (Å²) < 4.78 is 19.2. The van der Waals surface area contributed by atoms with Gasteiger partial charge in [0.1, 0.15) is 22.9 Å². The molecule has 1 fully saturated rings.